The van der Waals surface area contributed by atoms with Crippen molar-refractivity contribution < 1.29 is 0 Å². The molecule has 0 saturated heterocycles. The van der Waals surface area contributed by atoms with Crippen molar-refractivity contribution in [2.24, 2.45) is 5.41 Å². The van der Waals surface area contributed by atoms with Crippen LogP contribution in [0.25, 0.3) is 0 Å². The van der Waals surface area contributed by atoms with E-state index in [1.54, 1.807) is 0 Å². The van der Waals surface area contributed by atoms with Crippen molar-refractivity contribution in [3.8, 4) is 11.8 Å². The molecular weight excluding hydrogens is 96.1 g/mol. The summed E-state index contributed by atoms with van der Waals surface area (Å²) in [5.41, 5.74) is -0.00521. The van der Waals surface area contributed by atoms with Gasteiger partial charge in [-0.25, -0.2) is 0 Å². The van der Waals surface area contributed by atoms with Gasteiger partial charge >= 0.3 is 0 Å². The molecule has 0 aliphatic carbocycles. The highest BCUT2D eigenvalue weighted by molar-refractivity contribution is 5.13. The molecule has 0 fully saturated rings. The van der Waals surface area contributed by atoms with Crippen molar-refractivity contribution in [1.82, 2.24) is 0 Å². The lowest BCUT2D eigenvalue weighted by Gasteiger charge is -2.08. The van der Waals surface area contributed by atoms with Gasteiger partial charge in [0.25, 0.3) is 0 Å². The van der Waals surface area contributed by atoms with Crippen molar-refractivity contribution >= 4 is 0 Å². The zero-order chi connectivity index (χ0) is 6.62. The van der Waals surface area contributed by atoms with Crippen molar-refractivity contribution in [3.63, 3.8) is 0 Å². The highest BCUT2D eigenvalue weighted by atomic mass is 14.1. The molecule has 0 aromatic rings. The van der Waals surface area contributed by atoms with E-state index in [2.05, 4.69) is 18.4 Å². The Morgan fingerprint density at radius 3 is 2.12 bits per heavy atom. The molecule has 0 aliphatic heterocycles. The molecule has 0 rings (SSSR count). The smallest absolute Gasteiger partial charge is 0.0434 e. The van der Waals surface area contributed by atoms with Crippen molar-refractivity contribution in [2.45, 2.75) is 20.8 Å². The van der Waals surface area contributed by atoms with Crippen molar-refractivity contribution in [2.75, 3.05) is 0 Å². The van der Waals surface area contributed by atoms with Gasteiger partial charge in [-0.2, -0.15) is 0 Å². The molecule has 8 heavy (non-hydrogen) atoms. The largest absolute Gasteiger partial charge is 0.106 e. The molecule has 0 atom stereocenters. The maximum atomic E-state index is 3.65. The minimum atomic E-state index is -0.00521. The van der Waals surface area contributed by atoms with E-state index in [-0.39, 0.29) is 5.41 Å². The maximum Gasteiger partial charge on any atom is 0.0434 e. The first-order chi connectivity index (χ1) is 3.62. The molecule has 0 unspecified atom stereocenters. The van der Waals surface area contributed by atoms with Crippen LogP contribution >= 0.6 is 0 Å². The summed E-state index contributed by atoms with van der Waals surface area (Å²) in [4.78, 5) is 0. The van der Waals surface area contributed by atoms with Crippen LogP contribution in [-0.4, -0.2) is 0 Å². The Morgan fingerprint density at radius 1 is 1.50 bits per heavy atom. The first-order valence-corrected chi connectivity index (χ1v) is 2.70. The van der Waals surface area contributed by atoms with Crippen LogP contribution in [0.1, 0.15) is 20.8 Å². The van der Waals surface area contributed by atoms with Crippen LogP contribution in [0.3, 0.4) is 0 Å². The third kappa shape index (κ3) is 2.47. The Kier molecular flexibility index (Phi) is 2.34. The summed E-state index contributed by atoms with van der Waals surface area (Å²) in [6.07, 6.45) is 1.85. The van der Waals surface area contributed by atoms with E-state index in [1.165, 1.54) is 0 Å². The van der Waals surface area contributed by atoms with Crippen LogP contribution in [0.15, 0.2) is 12.7 Å². The van der Waals surface area contributed by atoms with E-state index >= 15 is 0 Å². The highest BCUT2D eigenvalue weighted by Crippen LogP contribution is 2.12. The van der Waals surface area contributed by atoms with E-state index in [4.69, 9.17) is 0 Å². The minimum Gasteiger partial charge on any atom is -0.106 e. The van der Waals surface area contributed by atoms with Gasteiger partial charge in [0.15, 0.2) is 0 Å². The van der Waals surface area contributed by atoms with Gasteiger partial charge in [0.1, 0.15) is 0 Å². The SMILES string of the molecule is C=CC(C)(C)C#CC. The fourth-order valence-electron chi connectivity index (χ4n) is 0.373. The Bertz CT molecular complexity index is 130. The fraction of sp³-hybridized carbons (Fsp3) is 0.500. The Hall–Kier alpha value is -0.700. The molecular formula is C8H12. The third-order valence-corrected chi connectivity index (χ3v) is 0.957. The molecule has 0 heteroatoms. The second-order valence-electron chi connectivity index (χ2n) is 2.30. The van der Waals surface area contributed by atoms with E-state index < -0.39 is 0 Å². The van der Waals surface area contributed by atoms with E-state index in [9.17, 15) is 0 Å². The summed E-state index contributed by atoms with van der Waals surface area (Å²) in [5, 5.41) is 0. The van der Waals surface area contributed by atoms with Crippen molar-refractivity contribution in [1.29, 1.82) is 0 Å². The normalized spacial score (nSPS) is 9.38. The molecule has 0 heterocycles. The molecule has 0 spiro atoms. The topological polar surface area (TPSA) is 0 Å². The molecule has 0 aliphatic rings. The van der Waals surface area contributed by atoms with E-state index in [0.717, 1.165) is 0 Å². The number of allylic oxidation sites excluding steroid dienone is 1. The average Bonchev–Trinajstić information content (AvgIpc) is 1.67. The summed E-state index contributed by atoms with van der Waals surface area (Å²) in [5.74, 6) is 5.84. The van der Waals surface area contributed by atoms with Crippen molar-refractivity contribution in [3.05, 3.63) is 12.7 Å². The second-order valence-corrected chi connectivity index (χ2v) is 2.30. The van der Waals surface area contributed by atoms with Crippen LogP contribution in [0, 0.1) is 17.3 Å². The van der Waals surface area contributed by atoms with Crippen LogP contribution in [0.2, 0.25) is 0 Å². The molecule has 0 aromatic carbocycles. The minimum absolute atomic E-state index is 0.00521. The number of hydrogen-bond acceptors (Lipinski definition) is 0. The zero-order valence-corrected chi connectivity index (χ0v) is 5.78. The number of rotatable bonds is 1. The monoisotopic (exact) mass is 108 g/mol. The Balaban J connectivity index is 4.05. The summed E-state index contributed by atoms with van der Waals surface area (Å²) in [7, 11) is 0. The third-order valence-electron chi connectivity index (χ3n) is 0.957. The summed E-state index contributed by atoms with van der Waals surface area (Å²) < 4.78 is 0. The van der Waals surface area contributed by atoms with Crippen LogP contribution in [-0.2, 0) is 0 Å². The van der Waals surface area contributed by atoms with Crippen LogP contribution in [0.4, 0.5) is 0 Å². The highest BCUT2D eigenvalue weighted by Gasteiger charge is 2.05. The van der Waals surface area contributed by atoms with E-state index in [1.807, 2.05) is 26.8 Å². The van der Waals surface area contributed by atoms with E-state index in [0.29, 0.717) is 0 Å². The van der Waals surface area contributed by atoms with Crippen LogP contribution in [0.5, 0.6) is 0 Å². The second kappa shape index (κ2) is 2.57. The summed E-state index contributed by atoms with van der Waals surface area (Å²) in [6, 6.07) is 0. The first kappa shape index (κ1) is 7.30. The molecule has 0 aromatic heterocycles. The summed E-state index contributed by atoms with van der Waals surface area (Å²) >= 11 is 0. The molecule has 0 nitrogen and oxygen atoms in total. The standard InChI is InChI=1S/C8H12/c1-5-7-8(3,4)6-2/h6H,2H2,1,3-4H3. The maximum absolute atomic E-state index is 3.65. The summed E-state index contributed by atoms with van der Waals surface area (Å²) in [6.45, 7) is 9.56. The molecule has 44 valence electrons. The molecule has 0 N–H and O–H groups in total. The molecule has 0 bridgehead atoms. The van der Waals surface area contributed by atoms with Crippen LogP contribution < -0.4 is 0 Å². The van der Waals surface area contributed by atoms with Gasteiger partial charge in [-0.3, -0.25) is 0 Å². The van der Waals surface area contributed by atoms with Gasteiger partial charge in [-0.15, -0.1) is 12.5 Å². The molecule has 0 radical (unpaired) electrons. The number of hydrogen-bond donors (Lipinski definition) is 0. The average molecular weight is 108 g/mol. The quantitative estimate of drug-likeness (QED) is 0.357. The van der Waals surface area contributed by atoms with Gasteiger partial charge in [-0.1, -0.05) is 12.0 Å². The van der Waals surface area contributed by atoms with Gasteiger partial charge in [0.05, 0.1) is 0 Å². The fourth-order valence-corrected chi connectivity index (χ4v) is 0.373. The first-order valence-electron chi connectivity index (χ1n) is 2.70. The van der Waals surface area contributed by atoms with Gasteiger partial charge in [-0.05, 0) is 20.8 Å². The Morgan fingerprint density at radius 2 is 2.00 bits per heavy atom. The lowest BCUT2D eigenvalue weighted by atomic mass is 9.95. The Labute approximate surface area is 51.6 Å². The van der Waals surface area contributed by atoms with Gasteiger partial charge in [0.2, 0.25) is 0 Å². The lowest BCUT2D eigenvalue weighted by Crippen LogP contribution is -2.00. The van der Waals surface area contributed by atoms with Gasteiger partial charge < -0.3 is 0 Å². The molecule has 0 saturated carbocycles. The molecule has 0 amide bonds. The lowest BCUT2D eigenvalue weighted by molar-refractivity contribution is 0.657. The van der Waals surface area contributed by atoms with Gasteiger partial charge in [0, 0.05) is 5.41 Å². The predicted octanol–water partition coefficient (Wildman–Crippen LogP) is 2.22. The zero-order valence-electron chi connectivity index (χ0n) is 5.78. The predicted molar refractivity (Wildman–Crippen MR) is 37.4 cm³/mol.